The third-order valence-corrected chi connectivity index (χ3v) is 4.29. The minimum absolute atomic E-state index is 0.0775. The summed E-state index contributed by atoms with van der Waals surface area (Å²) >= 11 is 0. The van der Waals surface area contributed by atoms with Crippen molar-refractivity contribution in [1.82, 2.24) is 19.2 Å². The molecule has 26 heavy (non-hydrogen) atoms. The van der Waals surface area contributed by atoms with Gasteiger partial charge in [-0.1, -0.05) is 12.1 Å². The molecule has 0 saturated carbocycles. The molecule has 8 heteroatoms. The lowest BCUT2D eigenvalue weighted by molar-refractivity contribution is 0.0459. The van der Waals surface area contributed by atoms with Crippen LogP contribution in [0.15, 0.2) is 39.5 Å². The quantitative estimate of drug-likeness (QED) is 0.525. The molecular weight excluding hydrogens is 336 g/mol. The molecule has 8 nitrogen and oxygen atoms in total. The number of hydrogen-bond acceptors (Lipinski definition) is 6. The first-order chi connectivity index (χ1) is 12.5. The molecule has 0 aliphatic heterocycles. The van der Waals surface area contributed by atoms with Gasteiger partial charge in [-0.2, -0.15) is 0 Å². The summed E-state index contributed by atoms with van der Waals surface area (Å²) < 4.78 is 13.9. The molecule has 1 aromatic carbocycles. The number of hydrogen-bond donors (Lipinski definition) is 0. The van der Waals surface area contributed by atoms with Gasteiger partial charge < -0.3 is 9.15 Å². The van der Waals surface area contributed by atoms with E-state index in [0.29, 0.717) is 39.6 Å². The number of fused-ring (bicyclic) bond motifs is 3. The van der Waals surface area contributed by atoms with Gasteiger partial charge in [0, 0.05) is 7.05 Å². The van der Waals surface area contributed by atoms with E-state index in [1.807, 2.05) is 12.1 Å². The molecule has 132 valence electrons. The average molecular weight is 352 g/mol. The van der Waals surface area contributed by atoms with Crippen LogP contribution in [0.5, 0.6) is 0 Å². The summed E-state index contributed by atoms with van der Waals surface area (Å²) in [6, 6.07) is 8.81. The Hall–Kier alpha value is -3.42. The van der Waals surface area contributed by atoms with E-state index in [0.717, 1.165) is 0 Å². The van der Waals surface area contributed by atoms with Crippen LogP contribution in [0.2, 0.25) is 0 Å². The smallest absolute Gasteiger partial charge is 0.342 e. The van der Waals surface area contributed by atoms with Gasteiger partial charge in [0.2, 0.25) is 5.78 Å². The van der Waals surface area contributed by atoms with Crippen molar-refractivity contribution in [2.24, 2.45) is 7.05 Å². The Kier molecular flexibility index (Phi) is 3.61. The summed E-state index contributed by atoms with van der Waals surface area (Å²) in [5.41, 5.74) is 0.888. The number of benzene rings is 1. The zero-order chi connectivity index (χ0) is 18.4. The van der Waals surface area contributed by atoms with Gasteiger partial charge in [0.15, 0.2) is 12.4 Å². The topological polar surface area (TPSA) is 91.6 Å². The highest BCUT2D eigenvalue weighted by atomic mass is 16.5. The maximum atomic E-state index is 12.4. The summed E-state index contributed by atoms with van der Waals surface area (Å²) in [5, 5.41) is 8.70. The second kappa shape index (κ2) is 5.83. The predicted molar refractivity (Wildman–Crippen MR) is 93.0 cm³/mol. The van der Waals surface area contributed by atoms with E-state index in [1.54, 1.807) is 43.5 Å². The number of carbonyl (C=O) groups excluding carboxylic acids is 1. The second-order valence-corrected chi connectivity index (χ2v) is 6.04. The van der Waals surface area contributed by atoms with E-state index in [1.165, 1.54) is 4.57 Å². The number of furan rings is 1. The zero-order valence-corrected chi connectivity index (χ0v) is 14.5. The highest BCUT2D eigenvalue weighted by molar-refractivity contribution is 5.90. The summed E-state index contributed by atoms with van der Waals surface area (Å²) in [7, 11) is 1.63. The Morgan fingerprint density at radius 3 is 2.73 bits per heavy atom. The monoisotopic (exact) mass is 352 g/mol. The third kappa shape index (κ3) is 2.38. The molecule has 0 saturated heterocycles. The summed E-state index contributed by atoms with van der Waals surface area (Å²) in [6.07, 6.45) is 0. The standard InChI is InChI=1S/C18H16N4O4/c1-10-8-13(11(2)26-10)17(24)25-9-15-19-20-18-21(3)16(23)12-6-4-5-7-14(12)22(15)18/h4-8H,9H2,1-3H3. The first kappa shape index (κ1) is 16.1. The van der Waals surface area contributed by atoms with E-state index < -0.39 is 5.97 Å². The van der Waals surface area contributed by atoms with Crippen LogP contribution < -0.4 is 5.56 Å². The van der Waals surface area contributed by atoms with Crippen molar-refractivity contribution in [3.8, 4) is 0 Å². The number of nitrogens with zero attached hydrogens (tertiary/aromatic N) is 4. The Bertz CT molecular complexity index is 1220. The fourth-order valence-corrected chi connectivity index (χ4v) is 3.03. The van der Waals surface area contributed by atoms with Crippen molar-refractivity contribution in [3.63, 3.8) is 0 Å². The second-order valence-electron chi connectivity index (χ2n) is 6.04. The third-order valence-electron chi connectivity index (χ3n) is 4.29. The fraction of sp³-hybridized carbons (Fsp3) is 0.222. The number of rotatable bonds is 3. The van der Waals surface area contributed by atoms with Gasteiger partial charge in [-0.15, -0.1) is 10.2 Å². The van der Waals surface area contributed by atoms with Gasteiger partial charge in [-0.3, -0.25) is 13.8 Å². The molecule has 3 aromatic heterocycles. The molecule has 0 aliphatic rings. The number of ether oxygens (including phenoxy) is 1. The highest BCUT2D eigenvalue weighted by Gasteiger charge is 2.18. The first-order valence-electron chi connectivity index (χ1n) is 8.03. The van der Waals surface area contributed by atoms with Crippen molar-refractivity contribution in [3.05, 3.63) is 63.6 Å². The van der Waals surface area contributed by atoms with Gasteiger partial charge in [0.25, 0.3) is 5.56 Å². The molecule has 4 aromatic rings. The maximum absolute atomic E-state index is 12.4. The number of carbonyl (C=O) groups is 1. The molecule has 0 fully saturated rings. The Labute approximate surface area is 147 Å². The van der Waals surface area contributed by atoms with Crippen molar-refractivity contribution in [2.45, 2.75) is 20.5 Å². The van der Waals surface area contributed by atoms with E-state index in [9.17, 15) is 9.59 Å². The van der Waals surface area contributed by atoms with Crippen LogP contribution in [0.3, 0.4) is 0 Å². The van der Waals surface area contributed by atoms with Gasteiger partial charge in [0.1, 0.15) is 17.1 Å². The fourth-order valence-electron chi connectivity index (χ4n) is 3.03. The molecule has 0 atom stereocenters. The van der Waals surface area contributed by atoms with Crippen LogP contribution in [0.1, 0.15) is 27.7 Å². The minimum atomic E-state index is -0.495. The lowest BCUT2D eigenvalue weighted by Gasteiger charge is -2.08. The minimum Gasteiger partial charge on any atom is -0.466 e. The van der Waals surface area contributed by atoms with Crippen molar-refractivity contribution in [1.29, 1.82) is 0 Å². The number of aromatic nitrogens is 4. The highest BCUT2D eigenvalue weighted by Crippen LogP contribution is 2.17. The Morgan fingerprint density at radius 2 is 2.00 bits per heavy atom. The van der Waals surface area contributed by atoms with Crippen LogP contribution in [0, 0.1) is 13.8 Å². The number of esters is 1. The summed E-state index contributed by atoms with van der Waals surface area (Å²) in [4.78, 5) is 24.7. The van der Waals surface area contributed by atoms with E-state index in [4.69, 9.17) is 9.15 Å². The molecule has 0 spiro atoms. The van der Waals surface area contributed by atoms with Crippen molar-refractivity contribution in [2.75, 3.05) is 0 Å². The van der Waals surface area contributed by atoms with Gasteiger partial charge in [-0.05, 0) is 32.0 Å². The Balaban J connectivity index is 1.75. The lowest BCUT2D eigenvalue weighted by Crippen LogP contribution is -2.20. The summed E-state index contributed by atoms with van der Waals surface area (Å²) in [5.74, 6) is 1.47. The van der Waals surface area contributed by atoms with Crippen LogP contribution in [0.4, 0.5) is 0 Å². The Morgan fingerprint density at radius 1 is 1.23 bits per heavy atom. The van der Waals surface area contributed by atoms with E-state index in [-0.39, 0.29) is 12.2 Å². The molecule has 0 unspecified atom stereocenters. The molecule has 4 rings (SSSR count). The van der Waals surface area contributed by atoms with Crippen LogP contribution in [-0.4, -0.2) is 25.1 Å². The van der Waals surface area contributed by atoms with Gasteiger partial charge >= 0.3 is 5.97 Å². The molecule has 0 N–H and O–H groups in total. The first-order valence-corrected chi connectivity index (χ1v) is 8.03. The van der Waals surface area contributed by atoms with Crippen LogP contribution in [0.25, 0.3) is 16.7 Å². The predicted octanol–water partition coefficient (Wildman–Crippen LogP) is 2.15. The maximum Gasteiger partial charge on any atom is 0.342 e. The SMILES string of the molecule is Cc1cc(C(=O)OCc2nnc3n(C)c(=O)c4ccccc4n23)c(C)o1. The van der Waals surface area contributed by atoms with Crippen LogP contribution in [-0.2, 0) is 18.4 Å². The van der Waals surface area contributed by atoms with E-state index in [2.05, 4.69) is 10.2 Å². The molecule has 0 aliphatic carbocycles. The average Bonchev–Trinajstić information content (AvgIpc) is 3.20. The normalized spacial score (nSPS) is 11.3. The largest absolute Gasteiger partial charge is 0.466 e. The molecule has 3 heterocycles. The molecule has 0 amide bonds. The van der Waals surface area contributed by atoms with Gasteiger partial charge in [0.05, 0.1) is 10.9 Å². The zero-order valence-electron chi connectivity index (χ0n) is 14.5. The van der Waals surface area contributed by atoms with Gasteiger partial charge in [-0.25, -0.2) is 4.79 Å². The molecular formula is C18H16N4O4. The van der Waals surface area contributed by atoms with Crippen LogP contribution >= 0.6 is 0 Å². The van der Waals surface area contributed by atoms with E-state index >= 15 is 0 Å². The number of para-hydroxylation sites is 1. The van der Waals surface area contributed by atoms with Crippen molar-refractivity contribution >= 4 is 22.6 Å². The lowest BCUT2D eigenvalue weighted by atomic mass is 10.2. The summed E-state index contributed by atoms with van der Waals surface area (Å²) in [6.45, 7) is 3.40. The molecule has 0 bridgehead atoms. The van der Waals surface area contributed by atoms with Crippen molar-refractivity contribution < 1.29 is 13.9 Å². The number of aryl methyl sites for hydroxylation is 3. The molecule has 0 radical (unpaired) electrons.